The van der Waals surface area contributed by atoms with Crippen molar-refractivity contribution in [2.24, 2.45) is 0 Å². The van der Waals surface area contributed by atoms with Gasteiger partial charge in [0.25, 0.3) is 0 Å². The molecule has 2 aromatic carbocycles. The second kappa shape index (κ2) is 11.4. The summed E-state index contributed by atoms with van der Waals surface area (Å²) in [6, 6.07) is 16.4. The van der Waals surface area contributed by atoms with E-state index in [1.54, 1.807) is 57.5 Å². The Morgan fingerprint density at radius 3 is 1.67 bits per heavy atom. The number of thiophene rings is 4. The first kappa shape index (κ1) is 28.9. The minimum atomic E-state index is 0.550. The van der Waals surface area contributed by atoms with Crippen LogP contribution in [0.1, 0.15) is 25.2 Å². The Morgan fingerprint density at radius 2 is 1.17 bits per heavy atom. The maximum Gasteiger partial charge on any atom is 0.198 e. The van der Waals surface area contributed by atoms with Crippen LogP contribution in [0, 0.1) is 22.9 Å². The molecule has 0 radical (unpaired) electrons. The highest BCUT2D eigenvalue weighted by Crippen LogP contribution is 2.49. The average Bonchev–Trinajstić information content (AvgIpc) is 3.90. The molecule has 0 atom stereocenters. The van der Waals surface area contributed by atoms with Crippen LogP contribution >= 0.6 is 57.1 Å². The molecule has 0 aliphatic rings. The van der Waals surface area contributed by atoms with Crippen molar-refractivity contribution in [3.8, 4) is 43.7 Å². The molecular formula is C33H22N8S5. The molecule has 0 spiro atoms. The van der Waals surface area contributed by atoms with Crippen LogP contribution in [0.25, 0.3) is 72.2 Å². The number of hydrogen-bond donors (Lipinski definition) is 1. The third-order valence-corrected chi connectivity index (χ3v) is 13.1. The molecule has 6 heterocycles. The molecule has 0 fully saturated rings. The van der Waals surface area contributed by atoms with Crippen LogP contribution in [-0.2, 0) is 12.8 Å². The Kier molecular flexibility index (Phi) is 7.16. The van der Waals surface area contributed by atoms with E-state index in [4.69, 9.17) is 18.7 Å². The van der Waals surface area contributed by atoms with Crippen LogP contribution in [0.15, 0.2) is 48.5 Å². The standard InChI is InChI=1S/C33H22N8S5/c1-4-18-19(5-2)38-31-29(26-12-23-24(44-26)13-27(36-3)45-23)33-32(39-46-40-33)28(30(31)37-18)25-11-22-21(43-25)10-20(42-22)16-6-8-17(9-7-16)41(14-34)15-35/h6-13,36H,4-5H2,1-3H3. The molecule has 8 nitrogen and oxygen atoms in total. The second-order valence-corrected chi connectivity index (χ2v) is 15.3. The van der Waals surface area contributed by atoms with Crippen molar-refractivity contribution in [2.75, 3.05) is 17.3 Å². The summed E-state index contributed by atoms with van der Waals surface area (Å²) in [5, 5.41) is 22.8. The van der Waals surface area contributed by atoms with E-state index in [-0.39, 0.29) is 0 Å². The molecule has 0 aliphatic heterocycles. The normalized spacial score (nSPS) is 11.5. The first-order valence-corrected chi connectivity index (χ1v) is 18.5. The van der Waals surface area contributed by atoms with E-state index in [0.29, 0.717) is 5.69 Å². The van der Waals surface area contributed by atoms with E-state index in [1.807, 2.05) is 31.6 Å². The Balaban J connectivity index is 1.30. The number of nitrogens with zero attached hydrogens (tertiary/aromatic N) is 7. The lowest BCUT2D eigenvalue weighted by Crippen LogP contribution is -2.06. The molecule has 0 bridgehead atoms. The van der Waals surface area contributed by atoms with Crippen molar-refractivity contribution in [1.82, 2.24) is 18.7 Å². The fraction of sp³-hybridized carbons (Fsp3) is 0.152. The van der Waals surface area contributed by atoms with Crippen molar-refractivity contribution in [3.63, 3.8) is 0 Å². The Morgan fingerprint density at radius 1 is 0.674 bits per heavy atom. The van der Waals surface area contributed by atoms with E-state index in [9.17, 15) is 10.5 Å². The van der Waals surface area contributed by atoms with E-state index in [0.717, 1.165) is 87.5 Å². The van der Waals surface area contributed by atoms with Crippen molar-refractivity contribution < 1.29 is 0 Å². The highest BCUT2D eigenvalue weighted by atomic mass is 32.1. The van der Waals surface area contributed by atoms with Crippen LogP contribution in [0.3, 0.4) is 0 Å². The summed E-state index contributed by atoms with van der Waals surface area (Å²) in [5.41, 5.74) is 9.14. The molecule has 0 amide bonds. The van der Waals surface area contributed by atoms with Crippen molar-refractivity contribution in [3.05, 3.63) is 59.9 Å². The largest absolute Gasteiger partial charge is 0.380 e. The number of rotatable bonds is 7. The van der Waals surface area contributed by atoms with Gasteiger partial charge >= 0.3 is 0 Å². The summed E-state index contributed by atoms with van der Waals surface area (Å²) in [5.74, 6) is 0. The molecule has 8 rings (SSSR count). The lowest BCUT2D eigenvalue weighted by Gasteiger charge is -2.13. The zero-order valence-corrected chi connectivity index (χ0v) is 28.8. The van der Waals surface area contributed by atoms with Crippen LogP contribution in [-0.4, -0.2) is 25.8 Å². The summed E-state index contributed by atoms with van der Waals surface area (Å²) in [6.07, 6.45) is 5.37. The van der Waals surface area contributed by atoms with E-state index in [1.165, 1.54) is 30.5 Å². The highest BCUT2D eigenvalue weighted by molar-refractivity contribution is 7.32. The predicted octanol–water partition coefficient (Wildman–Crippen LogP) is 10.1. The van der Waals surface area contributed by atoms with Gasteiger partial charge in [-0.25, -0.2) is 9.97 Å². The molecule has 0 aliphatic carbocycles. The quantitative estimate of drug-likeness (QED) is 0.130. The molecule has 0 saturated carbocycles. The van der Waals surface area contributed by atoms with Gasteiger partial charge in [0.15, 0.2) is 12.4 Å². The first-order valence-electron chi connectivity index (χ1n) is 14.5. The summed E-state index contributed by atoms with van der Waals surface area (Å²) in [4.78, 5) is 15.0. The molecule has 224 valence electrons. The molecule has 13 heteroatoms. The maximum absolute atomic E-state index is 9.18. The van der Waals surface area contributed by atoms with Gasteiger partial charge in [-0.3, -0.25) is 0 Å². The topological polar surface area (TPSA) is 114 Å². The number of hydrogen-bond acceptors (Lipinski definition) is 13. The fourth-order valence-corrected chi connectivity index (χ4v) is 11.0. The van der Waals surface area contributed by atoms with Crippen LogP contribution in [0.2, 0.25) is 0 Å². The molecule has 46 heavy (non-hydrogen) atoms. The zero-order valence-electron chi connectivity index (χ0n) is 24.7. The Labute approximate surface area is 283 Å². The molecule has 0 saturated heterocycles. The number of nitriles is 2. The number of nitrogens with one attached hydrogen (secondary N) is 1. The highest BCUT2D eigenvalue weighted by Gasteiger charge is 2.26. The smallest absolute Gasteiger partial charge is 0.198 e. The van der Waals surface area contributed by atoms with Gasteiger partial charge in [-0.15, -0.1) is 45.3 Å². The van der Waals surface area contributed by atoms with Crippen LogP contribution in [0.4, 0.5) is 10.7 Å². The van der Waals surface area contributed by atoms with E-state index >= 15 is 0 Å². The van der Waals surface area contributed by atoms with Gasteiger partial charge in [0.1, 0.15) is 22.1 Å². The molecular weight excluding hydrogens is 669 g/mol. The average molecular weight is 691 g/mol. The fourth-order valence-electron chi connectivity index (χ4n) is 5.72. The lowest BCUT2D eigenvalue weighted by molar-refractivity contribution is 0.931. The Bertz CT molecular complexity index is 2460. The first-order chi connectivity index (χ1) is 22.5. The molecule has 0 unspecified atom stereocenters. The maximum atomic E-state index is 9.18. The molecule has 8 aromatic rings. The number of anilines is 2. The minimum absolute atomic E-state index is 0.550. The van der Waals surface area contributed by atoms with Crippen LogP contribution < -0.4 is 10.2 Å². The summed E-state index contributed by atoms with van der Waals surface area (Å²) >= 11 is 8.20. The van der Waals surface area contributed by atoms with Crippen molar-refractivity contribution in [1.29, 1.82) is 10.5 Å². The van der Waals surface area contributed by atoms with Gasteiger partial charge in [0.05, 0.1) is 33.8 Å². The van der Waals surface area contributed by atoms with Gasteiger partial charge in [0.2, 0.25) is 0 Å². The Hall–Kier alpha value is -4.50. The van der Waals surface area contributed by atoms with E-state index in [2.05, 4.69) is 43.4 Å². The van der Waals surface area contributed by atoms with Gasteiger partial charge < -0.3 is 5.32 Å². The van der Waals surface area contributed by atoms with E-state index < -0.39 is 0 Å². The van der Waals surface area contributed by atoms with Crippen molar-refractivity contribution in [2.45, 2.75) is 26.7 Å². The number of fused-ring (bicyclic) bond motifs is 4. The van der Waals surface area contributed by atoms with Crippen molar-refractivity contribution >= 4 is 109 Å². The third-order valence-electron chi connectivity index (χ3n) is 7.92. The summed E-state index contributed by atoms with van der Waals surface area (Å²) in [7, 11) is 1.95. The zero-order chi connectivity index (χ0) is 31.5. The summed E-state index contributed by atoms with van der Waals surface area (Å²) < 4.78 is 14.6. The van der Waals surface area contributed by atoms with Gasteiger partial charge in [-0.1, -0.05) is 26.0 Å². The van der Waals surface area contributed by atoms with Crippen LogP contribution in [0.5, 0.6) is 0 Å². The van der Waals surface area contributed by atoms with Gasteiger partial charge in [-0.2, -0.15) is 24.2 Å². The predicted molar refractivity (Wildman–Crippen MR) is 195 cm³/mol. The number of aromatic nitrogens is 4. The summed E-state index contributed by atoms with van der Waals surface area (Å²) in [6.45, 7) is 4.28. The molecule has 6 aromatic heterocycles. The lowest BCUT2D eigenvalue weighted by atomic mass is 10.0. The second-order valence-electron chi connectivity index (χ2n) is 10.5. The number of aryl methyl sites for hydroxylation is 2. The molecule has 1 N–H and O–H groups in total. The minimum Gasteiger partial charge on any atom is -0.380 e. The monoisotopic (exact) mass is 690 g/mol. The number of benzene rings is 2. The third kappa shape index (κ3) is 4.54. The SMILES string of the molecule is CCc1nc2c(-c3cc4sc(NC)cc4s3)c3nsnc3c(-c3cc4sc(-c5ccc(N(C#N)C#N)cc5)cc4s3)c2nc1CC. The van der Waals surface area contributed by atoms with Gasteiger partial charge in [0, 0.05) is 51.6 Å². The van der Waals surface area contributed by atoms with Gasteiger partial charge in [-0.05, 0) is 54.8 Å².